The van der Waals surface area contributed by atoms with E-state index in [1.807, 2.05) is 16.7 Å². The molecular weight excluding hydrogens is 184 g/mol. The van der Waals surface area contributed by atoms with E-state index in [1.165, 1.54) is 0 Å². The van der Waals surface area contributed by atoms with Crippen molar-refractivity contribution in [2.75, 3.05) is 18.1 Å². The maximum Gasteiger partial charge on any atom is 0.224 e. The maximum atomic E-state index is 11.6. The fraction of sp³-hybridized carbons (Fsp3) is 0.889. The lowest BCUT2D eigenvalue weighted by Gasteiger charge is -2.20. The average Bonchev–Trinajstić information content (AvgIpc) is 2.52. The van der Waals surface area contributed by atoms with E-state index in [-0.39, 0.29) is 12.1 Å². The molecule has 76 valence electrons. The first-order chi connectivity index (χ1) is 6.25. The van der Waals surface area contributed by atoms with Crippen LogP contribution in [-0.4, -0.2) is 35.0 Å². The van der Waals surface area contributed by atoms with E-state index < -0.39 is 0 Å². The smallest absolute Gasteiger partial charge is 0.224 e. The van der Waals surface area contributed by atoms with E-state index in [1.54, 1.807) is 0 Å². The van der Waals surface area contributed by atoms with Gasteiger partial charge in [-0.25, -0.2) is 0 Å². The Balaban J connectivity index is 2.22. The van der Waals surface area contributed by atoms with E-state index in [2.05, 4.69) is 6.92 Å². The standard InChI is InChI=1S/C9H18N2OS/c1-2-13-7-5-9(12)11-6-3-4-8(11)10/h8H,2-7,10H2,1H3. The van der Waals surface area contributed by atoms with Crippen LogP contribution in [0.15, 0.2) is 0 Å². The van der Waals surface area contributed by atoms with Gasteiger partial charge in [-0.1, -0.05) is 6.92 Å². The summed E-state index contributed by atoms with van der Waals surface area (Å²) in [6, 6.07) is 0. The molecule has 0 radical (unpaired) electrons. The molecule has 0 spiro atoms. The van der Waals surface area contributed by atoms with Crippen LogP contribution < -0.4 is 5.73 Å². The van der Waals surface area contributed by atoms with Gasteiger partial charge in [0.25, 0.3) is 0 Å². The second kappa shape index (κ2) is 5.50. The molecule has 13 heavy (non-hydrogen) atoms. The van der Waals surface area contributed by atoms with Crippen molar-refractivity contribution in [2.45, 2.75) is 32.4 Å². The summed E-state index contributed by atoms with van der Waals surface area (Å²) >= 11 is 1.81. The Hall–Kier alpha value is -0.220. The Bertz CT molecular complexity index is 175. The summed E-state index contributed by atoms with van der Waals surface area (Å²) in [5.41, 5.74) is 5.78. The van der Waals surface area contributed by atoms with Crippen molar-refractivity contribution < 1.29 is 4.79 Å². The molecule has 1 heterocycles. The van der Waals surface area contributed by atoms with Crippen molar-refractivity contribution in [1.29, 1.82) is 0 Å². The van der Waals surface area contributed by atoms with Gasteiger partial charge in [0.15, 0.2) is 0 Å². The van der Waals surface area contributed by atoms with Crippen LogP contribution in [0.5, 0.6) is 0 Å². The molecule has 0 saturated carbocycles. The number of nitrogens with two attached hydrogens (primary N) is 1. The zero-order chi connectivity index (χ0) is 9.68. The molecule has 0 aromatic rings. The second-order valence-electron chi connectivity index (χ2n) is 3.24. The number of amides is 1. The van der Waals surface area contributed by atoms with Crippen molar-refractivity contribution in [1.82, 2.24) is 4.90 Å². The summed E-state index contributed by atoms with van der Waals surface area (Å²) in [6.07, 6.45) is 2.66. The van der Waals surface area contributed by atoms with Crippen molar-refractivity contribution >= 4 is 17.7 Å². The van der Waals surface area contributed by atoms with Crippen LogP contribution in [0.1, 0.15) is 26.2 Å². The zero-order valence-corrected chi connectivity index (χ0v) is 8.98. The predicted molar refractivity (Wildman–Crippen MR) is 56.5 cm³/mol. The van der Waals surface area contributed by atoms with E-state index in [9.17, 15) is 4.79 Å². The number of hydrogen-bond donors (Lipinski definition) is 1. The molecule has 4 heteroatoms. The summed E-state index contributed by atoms with van der Waals surface area (Å²) < 4.78 is 0. The van der Waals surface area contributed by atoms with E-state index in [0.717, 1.165) is 30.9 Å². The molecule has 1 aliphatic heterocycles. The zero-order valence-electron chi connectivity index (χ0n) is 8.16. The van der Waals surface area contributed by atoms with Crippen LogP contribution in [0.3, 0.4) is 0 Å². The minimum Gasteiger partial charge on any atom is -0.327 e. The Morgan fingerprint density at radius 3 is 3.00 bits per heavy atom. The molecule has 3 nitrogen and oxygen atoms in total. The molecule has 1 rings (SSSR count). The quantitative estimate of drug-likeness (QED) is 0.693. The Kier molecular flexibility index (Phi) is 4.59. The van der Waals surface area contributed by atoms with Crippen LogP contribution in [0.2, 0.25) is 0 Å². The average molecular weight is 202 g/mol. The first-order valence-corrected chi connectivity index (χ1v) is 6.04. The SMILES string of the molecule is CCSCCC(=O)N1CCCC1N. The first kappa shape index (κ1) is 10.9. The van der Waals surface area contributed by atoms with Gasteiger partial charge in [0, 0.05) is 18.7 Å². The molecule has 0 bridgehead atoms. The number of likely N-dealkylation sites (tertiary alicyclic amines) is 1. The summed E-state index contributed by atoms with van der Waals surface area (Å²) in [6.45, 7) is 2.97. The van der Waals surface area contributed by atoms with Crippen molar-refractivity contribution in [2.24, 2.45) is 5.73 Å². The summed E-state index contributed by atoms with van der Waals surface area (Å²) in [5, 5.41) is 0. The number of carbonyl (C=O) groups excluding carboxylic acids is 1. The van der Waals surface area contributed by atoms with E-state index in [0.29, 0.717) is 6.42 Å². The molecule has 1 amide bonds. The van der Waals surface area contributed by atoms with E-state index >= 15 is 0 Å². The number of carbonyl (C=O) groups is 1. The van der Waals surface area contributed by atoms with Crippen molar-refractivity contribution in [3.05, 3.63) is 0 Å². The molecule has 2 N–H and O–H groups in total. The fourth-order valence-corrected chi connectivity index (χ4v) is 2.16. The fourth-order valence-electron chi connectivity index (χ4n) is 1.55. The third-order valence-electron chi connectivity index (χ3n) is 2.28. The Morgan fingerprint density at radius 1 is 1.69 bits per heavy atom. The molecule has 1 unspecified atom stereocenters. The lowest BCUT2D eigenvalue weighted by Crippen LogP contribution is -2.41. The van der Waals surface area contributed by atoms with Crippen LogP contribution in [-0.2, 0) is 4.79 Å². The molecule has 0 aliphatic carbocycles. The van der Waals surface area contributed by atoms with Crippen molar-refractivity contribution in [3.63, 3.8) is 0 Å². The van der Waals surface area contributed by atoms with Gasteiger partial charge in [0.05, 0.1) is 6.17 Å². The third kappa shape index (κ3) is 3.19. The summed E-state index contributed by atoms with van der Waals surface area (Å²) in [4.78, 5) is 13.4. The van der Waals surface area contributed by atoms with Crippen LogP contribution >= 0.6 is 11.8 Å². The van der Waals surface area contributed by atoms with Gasteiger partial charge >= 0.3 is 0 Å². The summed E-state index contributed by atoms with van der Waals surface area (Å²) in [7, 11) is 0. The maximum absolute atomic E-state index is 11.6. The van der Waals surface area contributed by atoms with Crippen LogP contribution in [0.4, 0.5) is 0 Å². The number of rotatable bonds is 4. The molecule has 0 aromatic heterocycles. The number of nitrogens with zero attached hydrogens (tertiary/aromatic N) is 1. The molecular formula is C9H18N2OS. The van der Waals surface area contributed by atoms with Crippen LogP contribution in [0.25, 0.3) is 0 Å². The Morgan fingerprint density at radius 2 is 2.46 bits per heavy atom. The highest BCUT2D eigenvalue weighted by molar-refractivity contribution is 7.99. The van der Waals surface area contributed by atoms with Crippen LogP contribution in [0, 0.1) is 0 Å². The van der Waals surface area contributed by atoms with Gasteiger partial charge in [0.2, 0.25) is 5.91 Å². The lowest BCUT2D eigenvalue weighted by molar-refractivity contribution is -0.131. The highest BCUT2D eigenvalue weighted by Crippen LogP contribution is 2.14. The van der Waals surface area contributed by atoms with Gasteiger partial charge in [0.1, 0.15) is 0 Å². The normalized spacial score (nSPS) is 22.3. The van der Waals surface area contributed by atoms with Crippen molar-refractivity contribution in [3.8, 4) is 0 Å². The predicted octanol–water partition coefficient (Wildman–Crippen LogP) is 1.04. The third-order valence-corrected chi connectivity index (χ3v) is 3.19. The minimum atomic E-state index is -0.0147. The first-order valence-electron chi connectivity index (χ1n) is 4.88. The molecule has 1 fully saturated rings. The highest BCUT2D eigenvalue weighted by atomic mass is 32.2. The largest absolute Gasteiger partial charge is 0.327 e. The molecule has 1 aliphatic rings. The number of hydrogen-bond acceptors (Lipinski definition) is 3. The lowest BCUT2D eigenvalue weighted by atomic mass is 10.3. The van der Waals surface area contributed by atoms with Gasteiger partial charge in [-0.3, -0.25) is 4.79 Å². The van der Waals surface area contributed by atoms with E-state index in [4.69, 9.17) is 5.73 Å². The molecule has 1 saturated heterocycles. The molecule has 0 aromatic carbocycles. The molecule has 1 atom stereocenters. The summed E-state index contributed by atoms with van der Waals surface area (Å²) in [5.74, 6) is 2.24. The number of thioether (sulfide) groups is 1. The monoisotopic (exact) mass is 202 g/mol. The van der Waals surface area contributed by atoms with Gasteiger partial charge in [-0.15, -0.1) is 0 Å². The topological polar surface area (TPSA) is 46.3 Å². The van der Waals surface area contributed by atoms with Gasteiger partial charge in [-0.2, -0.15) is 11.8 Å². The highest BCUT2D eigenvalue weighted by Gasteiger charge is 2.24. The Labute approximate surface area is 84.0 Å². The van der Waals surface area contributed by atoms with Gasteiger partial charge in [-0.05, 0) is 18.6 Å². The minimum absolute atomic E-state index is 0.0147. The second-order valence-corrected chi connectivity index (χ2v) is 4.64. The van der Waals surface area contributed by atoms with Gasteiger partial charge < -0.3 is 10.6 Å².